The third-order valence-electron chi connectivity index (χ3n) is 4.48. The molecule has 146 valence electrons. The summed E-state index contributed by atoms with van der Waals surface area (Å²) in [4.78, 5) is 29.4. The van der Waals surface area contributed by atoms with Gasteiger partial charge in [0, 0.05) is 18.2 Å². The maximum absolute atomic E-state index is 12.8. The summed E-state index contributed by atoms with van der Waals surface area (Å²) in [5.74, 6) is 0.0811. The number of carbonyl (C=O) groups is 2. The van der Waals surface area contributed by atoms with Crippen molar-refractivity contribution in [2.24, 2.45) is 4.99 Å². The van der Waals surface area contributed by atoms with E-state index in [0.717, 1.165) is 21.3 Å². The quantitative estimate of drug-likeness (QED) is 0.616. The fourth-order valence-corrected chi connectivity index (χ4v) is 3.93. The normalized spacial score (nSPS) is 11.6. The van der Waals surface area contributed by atoms with Crippen LogP contribution in [-0.2, 0) is 16.1 Å². The lowest BCUT2D eigenvalue weighted by atomic mass is 10.1. The van der Waals surface area contributed by atoms with E-state index < -0.39 is 0 Å². The maximum Gasteiger partial charge on any atom is 0.307 e. The molecule has 0 aliphatic heterocycles. The second-order valence-electron chi connectivity index (χ2n) is 6.43. The minimum Gasteiger partial charge on any atom is -0.497 e. The fraction of sp³-hybridized carbons (Fsp3) is 0.286. The van der Waals surface area contributed by atoms with E-state index in [1.807, 2.05) is 54.8 Å². The van der Waals surface area contributed by atoms with Gasteiger partial charge in [-0.25, -0.2) is 0 Å². The van der Waals surface area contributed by atoms with Crippen molar-refractivity contribution in [2.45, 2.75) is 26.8 Å². The lowest BCUT2D eigenvalue weighted by Crippen LogP contribution is -2.19. The molecular formula is C21H22N2O4S. The smallest absolute Gasteiger partial charge is 0.307 e. The molecule has 6 nitrogen and oxygen atoms in total. The Labute approximate surface area is 167 Å². The molecule has 2 aromatic carbocycles. The molecule has 1 heterocycles. The number of carbonyl (C=O) groups excluding carboxylic acids is 2. The average molecular weight is 398 g/mol. The minimum absolute atomic E-state index is 0.185. The zero-order chi connectivity index (χ0) is 20.3. The van der Waals surface area contributed by atoms with Crippen molar-refractivity contribution in [3.63, 3.8) is 0 Å². The molecule has 0 aliphatic carbocycles. The number of fused-ring (bicyclic) bond motifs is 1. The first-order chi connectivity index (χ1) is 13.4. The molecule has 0 spiro atoms. The summed E-state index contributed by atoms with van der Waals surface area (Å²) in [6.07, 6.45) is 0.185. The molecule has 0 atom stereocenters. The number of esters is 1. The predicted molar refractivity (Wildman–Crippen MR) is 109 cm³/mol. The van der Waals surface area contributed by atoms with Gasteiger partial charge in [0.25, 0.3) is 5.91 Å². The number of nitrogens with zero attached hydrogens (tertiary/aromatic N) is 2. The topological polar surface area (TPSA) is 69.9 Å². The van der Waals surface area contributed by atoms with Crippen molar-refractivity contribution in [3.05, 3.63) is 57.9 Å². The first kappa shape index (κ1) is 19.8. The van der Waals surface area contributed by atoms with Gasteiger partial charge in [0.05, 0.1) is 30.9 Å². The van der Waals surface area contributed by atoms with Crippen molar-refractivity contribution in [1.82, 2.24) is 4.57 Å². The summed E-state index contributed by atoms with van der Waals surface area (Å²) in [5.41, 5.74) is 3.32. The fourth-order valence-electron chi connectivity index (χ4n) is 2.90. The van der Waals surface area contributed by atoms with Gasteiger partial charge in [-0.2, -0.15) is 4.99 Å². The van der Waals surface area contributed by atoms with E-state index in [-0.39, 0.29) is 18.3 Å². The zero-order valence-corrected chi connectivity index (χ0v) is 17.1. The van der Waals surface area contributed by atoms with Crippen molar-refractivity contribution in [2.75, 3.05) is 14.2 Å². The van der Waals surface area contributed by atoms with Crippen LogP contribution in [-0.4, -0.2) is 30.7 Å². The average Bonchev–Trinajstić information content (AvgIpc) is 3.03. The molecule has 0 saturated carbocycles. The first-order valence-electron chi connectivity index (χ1n) is 8.83. The third kappa shape index (κ3) is 4.14. The summed E-state index contributed by atoms with van der Waals surface area (Å²) in [6.45, 7) is 4.19. The van der Waals surface area contributed by atoms with Crippen LogP contribution >= 0.6 is 11.3 Å². The molecule has 1 aromatic heterocycles. The summed E-state index contributed by atoms with van der Waals surface area (Å²) < 4.78 is 12.9. The molecule has 0 bridgehead atoms. The van der Waals surface area contributed by atoms with E-state index >= 15 is 0 Å². The van der Waals surface area contributed by atoms with Gasteiger partial charge in [-0.05, 0) is 37.6 Å². The molecule has 0 unspecified atom stereocenters. The number of thiazole rings is 1. The number of aryl methyl sites for hydroxylation is 3. The lowest BCUT2D eigenvalue weighted by molar-refractivity contribution is -0.140. The van der Waals surface area contributed by atoms with Crippen LogP contribution in [0.5, 0.6) is 5.75 Å². The number of hydrogen-bond acceptors (Lipinski definition) is 5. The van der Waals surface area contributed by atoms with Crippen molar-refractivity contribution in [1.29, 1.82) is 0 Å². The van der Waals surface area contributed by atoms with Gasteiger partial charge in [-0.3, -0.25) is 9.59 Å². The Balaban J connectivity index is 2.12. The second kappa shape index (κ2) is 8.39. The van der Waals surface area contributed by atoms with Crippen LogP contribution in [0.25, 0.3) is 10.2 Å². The SMILES string of the molecule is COC(=O)CCn1c(=NC(=O)c2cc(C)ccc2C)sc2ccc(OC)cc21. The standard InChI is InChI=1S/C21H22N2O4S/c1-13-5-6-14(2)16(11-13)20(25)22-21-23(10-9-19(24)27-4)17-12-15(26-3)7-8-18(17)28-21/h5-8,11-12H,9-10H2,1-4H3. The Kier molecular flexibility index (Phi) is 5.94. The summed E-state index contributed by atoms with van der Waals surface area (Å²) in [5, 5.41) is 0. The Hall–Kier alpha value is -2.93. The van der Waals surface area contributed by atoms with E-state index in [1.165, 1.54) is 18.4 Å². The first-order valence-corrected chi connectivity index (χ1v) is 9.65. The van der Waals surface area contributed by atoms with Crippen LogP contribution in [0.1, 0.15) is 27.9 Å². The molecule has 0 aliphatic rings. The highest BCUT2D eigenvalue weighted by molar-refractivity contribution is 7.16. The van der Waals surface area contributed by atoms with Crippen molar-refractivity contribution in [3.8, 4) is 5.75 Å². The molecule has 0 fully saturated rings. The third-order valence-corrected chi connectivity index (χ3v) is 5.54. The highest BCUT2D eigenvalue weighted by Crippen LogP contribution is 2.23. The van der Waals surface area contributed by atoms with Crippen LogP contribution in [0.15, 0.2) is 41.4 Å². The largest absolute Gasteiger partial charge is 0.497 e. The number of methoxy groups -OCH3 is 2. The van der Waals surface area contributed by atoms with E-state index in [9.17, 15) is 9.59 Å². The van der Waals surface area contributed by atoms with Crippen LogP contribution in [0.2, 0.25) is 0 Å². The molecule has 0 radical (unpaired) electrons. The monoisotopic (exact) mass is 398 g/mol. The van der Waals surface area contributed by atoms with E-state index in [1.54, 1.807) is 7.11 Å². The molecule has 0 N–H and O–H groups in total. The van der Waals surface area contributed by atoms with Crippen LogP contribution in [0.4, 0.5) is 0 Å². The van der Waals surface area contributed by atoms with Crippen molar-refractivity contribution >= 4 is 33.4 Å². The molecule has 28 heavy (non-hydrogen) atoms. The molecule has 3 rings (SSSR count). The number of benzene rings is 2. The Morgan fingerprint density at radius 3 is 2.61 bits per heavy atom. The van der Waals surface area contributed by atoms with Crippen LogP contribution in [0, 0.1) is 13.8 Å². The summed E-state index contributed by atoms with van der Waals surface area (Å²) in [7, 11) is 2.96. The maximum atomic E-state index is 12.8. The lowest BCUT2D eigenvalue weighted by Gasteiger charge is -2.06. The summed E-state index contributed by atoms with van der Waals surface area (Å²) in [6, 6.07) is 11.4. The Morgan fingerprint density at radius 1 is 1.11 bits per heavy atom. The van der Waals surface area contributed by atoms with Gasteiger partial charge >= 0.3 is 5.97 Å². The second-order valence-corrected chi connectivity index (χ2v) is 7.44. The van der Waals surface area contributed by atoms with Gasteiger partial charge < -0.3 is 14.0 Å². The molecule has 1 amide bonds. The van der Waals surface area contributed by atoms with Gasteiger partial charge in [-0.15, -0.1) is 0 Å². The molecular weight excluding hydrogens is 376 g/mol. The highest BCUT2D eigenvalue weighted by atomic mass is 32.1. The van der Waals surface area contributed by atoms with E-state index in [4.69, 9.17) is 9.47 Å². The number of amides is 1. The Bertz CT molecular complexity index is 1110. The van der Waals surface area contributed by atoms with E-state index in [0.29, 0.717) is 22.7 Å². The highest BCUT2D eigenvalue weighted by Gasteiger charge is 2.13. The molecule has 7 heteroatoms. The number of rotatable bonds is 5. The number of aromatic nitrogens is 1. The van der Waals surface area contributed by atoms with Gasteiger partial charge in [-0.1, -0.05) is 29.0 Å². The van der Waals surface area contributed by atoms with Crippen molar-refractivity contribution < 1.29 is 19.1 Å². The molecule has 0 saturated heterocycles. The van der Waals surface area contributed by atoms with Crippen LogP contribution in [0.3, 0.4) is 0 Å². The summed E-state index contributed by atoms with van der Waals surface area (Å²) >= 11 is 1.40. The van der Waals surface area contributed by atoms with Crippen LogP contribution < -0.4 is 9.54 Å². The van der Waals surface area contributed by atoms with E-state index in [2.05, 4.69) is 4.99 Å². The zero-order valence-electron chi connectivity index (χ0n) is 16.3. The minimum atomic E-state index is -0.318. The number of ether oxygens (including phenoxy) is 2. The molecule has 3 aromatic rings. The van der Waals surface area contributed by atoms with Gasteiger partial charge in [0.15, 0.2) is 4.80 Å². The van der Waals surface area contributed by atoms with Gasteiger partial charge in [0.2, 0.25) is 0 Å². The predicted octanol–water partition coefficient (Wildman–Crippen LogP) is 3.63. The van der Waals surface area contributed by atoms with Gasteiger partial charge in [0.1, 0.15) is 5.75 Å². The number of hydrogen-bond donors (Lipinski definition) is 0. The Morgan fingerprint density at radius 2 is 1.89 bits per heavy atom.